The van der Waals surface area contributed by atoms with Crippen molar-refractivity contribution in [2.24, 2.45) is 5.73 Å². The van der Waals surface area contributed by atoms with Gasteiger partial charge < -0.3 is 15.8 Å². The summed E-state index contributed by atoms with van der Waals surface area (Å²) in [5.41, 5.74) is 6.90. The maximum Gasteiger partial charge on any atom is 0.244 e. The first-order valence-corrected chi connectivity index (χ1v) is 8.67. The Hall–Kier alpha value is -1.56. The van der Waals surface area contributed by atoms with Gasteiger partial charge in [0.25, 0.3) is 0 Å². The van der Waals surface area contributed by atoms with Crippen LogP contribution >= 0.6 is 28.3 Å². The number of hydrogen-bond donors (Lipinski definition) is 2. The second-order valence-corrected chi connectivity index (χ2v) is 7.12. The van der Waals surface area contributed by atoms with Gasteiger partial charge in [0.05, 0.1) is 6.10 Å². The van der Waals surface area contributed by atoms with E-state index in [-0.39, 0.29) is 24.4 Å². The minimum atomic E-state index is -1.08. The topological polar surface area (TPSA) is 64.3 Å². The minimum absolute atomic E-state index is 0. The molecule has 0 saturated carbocycles. The Kier molecular flexibility index (Phi) is 7.93. The smallest absolute Gasteiger partial charge is 0.244 e. The molecular formula is C19H24BrClN2O2. The van der Waals surface area contributed by atoms with Crippen LogP contribution in [0.2, 0.25) is 0 Å². The Morgan fingerprint density at radius 3 is 2.24 bits per heavy atom. The molecule has 4 nitrogen and oxygen atoms in total. The van der Waals surface area contributed by atoms with Crippen LogP contribution in [-0.2, 0) is 16.9 Å². The van der Waals surface area contributed by atoms with Crippen LogP contribution in [0.5, 0.6) is 5.75 Å². The summed E-state index contributed by atoms with van der Waals surface area (Å²) in [5, 5.41) is 2.90. The molecule has 2 aromatic rings. The molecule has 6 heteroatoms. The minimum Gasteiger partial charge on any atom is -0.491 e. The molecule has 25 heavy (non-hydrogen) atoms. The summed E-state index contributed by atoms with van der Waals surface area (Å²) in [6.07, 6.45) is 0.138. The number of nitrogens with two attached hydrogens (primary N) is 1. The van der Waals surface area contributed by atoms with Gasteiger partial charge in [0.1, 0.15) is 11.3 Å². The van der Waals surface area contributed by atoms with Crippen molar-refractivity contribution in [1.82, 2.24) is 5.32 Å². The van der Waals surface area contributed by atoms with E-state index in [9.17, 15) is 4.79 Å². The SMILES string of the molecule is CC(C)Oc1ccc(CNC(=O)C(C)(N)c2ccc(Br)cc2)cc1.Cl. The molecule has 0 heterocycles. The second-order valence-electron chi connectivity index (χ2n) is 6.20. The molecule has 3 N–H and O–H groups in total. The van der Waals surface area contributed by atoms with Crippen molar-refractivity contribution < 1.29 is 9.53 Å². The van der Waals surface area contributed by atoms with Crippen molar-refractivity contribution >= 4 is 34.2 Å². The number of carbonyl (C=O) groups is 1. The monoisotopic (exact) mass is 426 g/mol. The van der Waals surface area contributed by atoms with E-state index >= 15 is 0 Å². The van der Waals surface area contributed by atoms with Crippen molar-refractivity contribution in [3.05, 3.63) is 64.1 Å². The summed E-state index contributed by atoms with van der Waals surface area (Å²) in [7, 11) is 0. The molecular weight excluding hydrogens is 404 g/mol. The van der Waals surface area contributed by atoms with Crippen LogP contribution in [0.3, 0.4) is 0 Å². The van der Waals surface area contributed by atoms with Gasteiger partial charge in [0.2, 0.25) is 5.91 Å². The molecule has 0 aliphatic heterocycles. The van der Waals surface area contributed by atoms with Crippen LogP contribution in [0.15, 0.2) is 53.0 Å². The van der Waals surface area contributed by atoms with Gasteiger partial charge in [-0.15, -0.1) is 12.4 Å². The molecule has 136 valence electrons. The molecule has 0 fully saturated rings. The first-order valence-electron chi connectivity index (χ1n) is 7.88. The lowest BCUT2D eigenvalue weighted by molar-refractivity contribution is -0.126. The second kappa shape index (κ2) is 9.22. The van der Waals surface area contributed by atoms with E-state index in [4.69, 9.17) is 10.5 Å². The van der Waals surface area contributed by atoms with Crippen LogP contribution in [-0.4, -0.2) is 12.0 Å². The molecule has 1 amide bonds. The molecule has 0 radical (unpaired) electrons. The van der Waals surface area contributed by atoms with Gasteiger partial charge in [-0.2, -0.15) is 0 Å². The number of hydrogen-bond acceptors (Lipinski definition) is 3. The molecule has 0 spiro atoms. The third-order valence-corrected chi connectivity index (χ3v) is 4.19. The van der Waals surface area contributed by atoms with Crippen molar-refractivity contribution in [3.63, 3.8) is 0 Å². The zero-order valence-electron chi connectivity index (χ0n) is 14.6. The summed E-state index contributed by atoms with van der Waals surface area (Å²) < 4.78 is 6.56. The Labute approximate surface area is 163 Å². The third-order valence-electron chi connectivity index (χ3n) is 3.66. The van der Waals surface area contributed by atoms with E-state index in [1.165, 1.54) is 0 Å². The van der Waals surface area contributed by atoms with Crippen LogP contribution in [0, 0.1) is 0 Å². The predicted octanol–water partition coefficient (Wildman–Crippen LogP) is 4.15. The first-order chi connectivity index (χ1) is 11.3. The fourth-order valence-electron chi connectivity index (χ4n) is 2.25. The number of nitrogens with one attached hydrogen (secondary N) is 1. The number of carbonyl (C=O) groups excluding carboxylic acids is 1. The van der Waals surface area contributed by atoms with Gasteiger partial charge in [-0.1, -0.05) is 40.2 Å². The van der Waals surface area contributed by atoms with Gasteiger partial charge in [0.15, 0.2) is 0 Å². The molecule has 0 aromatic heterocycles. The Bertz CT molecular complexity index is 686. The fourth-order valence-corrected chi connectivity index (χ4v) is 2.52. The average molecular weight is 428 g/mol. The molecule has 0 aliphatic carbocycles. The maximum absolute atomic E-state index is 12.5. The number of rotatable bonds is 6. The van der Waals surface area contributed by atoms with Gasteiger partial charge in [-0.25, -0.2) is 0 Å². The van der Waals surface area contributed by atoms with Crippen LogP contribution in [0.1, 0.15) is 31.9 Å². The molecule has 0 aliphatic rings. The normalized spacial score (nSPS) is 12.9. The summed E-state index contributed by atoms with van der Waals surface area (Å²) in [4.78, 5) is 12.5. The molecule has 0 saturated heterocycles. The number of amides is 1. The summed E-state index contributed by atoms with van der Waals surface area (Å²) in [6.45, 7) is 6.10. The van der Waals surface area contributed by atoms with Crippen molar-refractivity contribution in [1.29, 1.82) is 0 Å². The lowest BCUT2D eigenvalue weighted by atomic mass is 9.92. The summed E-state index contributed by atoms with van der Waals surface area (Å²) in [5.74, 6) is 0.603. The largest absolute Gasteiger partial charge is 0.491 e. The fraction of sp³-hybridized carbons (Fsp3) is 0.316. The van der Waals surface area contributed by atoms with E-state index in [2.05, 4.69) is 21.2 Å². The molecule has 2 rings (SSSR count). The highest BCUT2D eigenvalue weighted by Gasteiger charge is 2.30. The standard InChI is InChI=1S/C19H23BrN2O2.ClH/c1-13(2)24-17-10-4-14(5-11-17)12-22-18(23)19(3,21)15-6-8-16(20)9-7-15;/h4-11,13H,12,21H2,1-3H3,(H,22,23);1H. The lowest BCUT2D eigenvalue weighted by Gasteiger charge is -2.24. The average Bonchev–Trinajstić information content (AvgIpc) is 2.53. The number of benzene rings is 2. The zero-order chi connectivity index (χ0) is 17.7. The number of ether oxygens (including phenoxy) is 1. The van der Waals surface area contributed by atoms with Crippen molar-refractivity contribution in [2.75, 3.05) is 0 Å². The summed E-state index contributed by atoms with van der Waals surface area (Å²) in [6, 6.07) is 15.1. The van der Waals surface area contributed by atoms with E-state index in [0.29, 0.717) is 6.54 Å². The van der Waals surface area contributed by atoms with E-state index in [0.717, 1.165) is 21.3 Å². The van der Waals surface area contributed by atoms with E-state index < -0.39 is 5.54 Å². The highest BCUT2D eigenvalue weighted by atomic mass is 79.9. The van der Waals surface area contributed by atoms with E-state index in [1.54, 1.807) is 6.92 Å². The molecule has 2 aromatic carbocycles. The Morgan fingerprint density at radius 1 is 1.16 bits per heavy atom. The van der Waals surface area contributed by atoms with E-state index in [1.807, 2.05) is 62.4 Å². The van der Waals surface area contributed by atoms with Gasteiger partial charge in [0, 0.05) is 11.0 Å². The van der Waals surface area contributed by atoms with Crippen molar-refractivity contribution in [2.45, 2.75) is 39.0 Å². The third kappa shape index (κ3) is 6.03. The first kappa shape index (κ1) is 21.5. The van der Waals surface area contributed by atoms with Gasteiger partial charge in [-0.3, -0.25) is 4.79 Å². The zero-order valence-corrected chi connectivity index (χ0v) is 17.0. The highest BCUT2D eigenvalue weighted by molar-refractivity contribution is 9.10. The van der Waals surface area contributed by atoms with Crippen LogP contribution < -0.4 is 15.8 Å². The highest BCUT2D eigenvalue weighted by Crippen LogP contribution is 2.21. The molecule has 1 atom stereocenters. The van der Waals surface area contributed by atoms with Crippen LogP contribution in [0.4, 0.5) is 0 Å². The van der Waals surface area contributed by atoms with Gasteiger partial charge >= 0.3 is 0 Å². The molecule has 1 unspecified atom stereocenters. The Morgan fingerprint density at radius 2 is 1.72 bits per heavy atom. The number of halogens is 2. The quantitative estimate of drug-likeness (QED) is 0.728. The van der Waals surface area contributed by atoms with Crippen LogP contribution in [0.25, 0.3) is 0 Å². The van der Waals surface area contributed by atoms with Gasteiger partial charge in [-0.05, 0) is 56.2 Å². The molecule has 0 bridgehead atoms. The van der Waals surface area contributed by atoms with Crippen molar-refractivity contribution in [3.8, 4) is 5.75 Å². The predicted molar refractivity (Wildman–Crippen MR) is 107 cm³/mol. The lowest BCUT2D eigenvalue weighted by Crippen LogP contribution is -2.48. The summed E-state index contributed by atoms with van der Waals surface area (Å²) >= 11 is 3.38. The Balaban J connectivity index is 0.00000312. The maximum atomic E-state index is 12.5.